The lowest BCUT2D eigenvalue weighted by Crippen LogP contribution is -2.36. The molecule has 0 radical (unpaired) electrons. The Kier molecular flexibility index (Phi) is 8.89. The minimum atomic E-state index is -4.68. The number of fused-ring (bicyclic) bond motifs is 1. The van der Waals surface area contributed by atoms with E-state index in [4.69, 9.17) is 42.8 Å². The molecule has 13 heteroatoms. The molecule has 0 bridgehead atoms. The number of nitrogens with two attached hydrogens (primary N) is 2. The Morgan fingerprint density at radius 2 is 1.95 bits per heavy atom. The van der Waals surface area contributed by atoms with Crippen molar-refractivity contribution in [1.29, 1.82) is 0 Å². The molecular weight excluding hydrogens is 583 g/mol. The Balaban J connectivity index is 1.54. The van der Waals surface area contributed by atoms with Gasteiger partial charge in [-0.15, -0.1) is 0 Å². The molecule has 3 heterocycles. The number of aromatic nitrogens is 2. The number of carbonyl (C=O) groups is 1. The van der Waals surface area contributed by atoms with Crippen molar-refractivity contribution < 1.29 is 22.7 Å². The van der Waals surface area contributed by atoms with Gasteiger partial charge in [0, 0.05) is 56.3 Å². The van der Waals surface area contributed by atoms with Crippen LogP contribution >= 0.6 is 11.6 Å². The summed E-state index contributed by atoms with van der Waals surface area (Å²) in [5, 5.41) is -0.460. The van der Waals surface area contributed by atoms with E-state index in [0.717, 1.165) is 43.0 Å². The van der Waals surface area contributed by atoms with Crippen LogP contribution in [0.1, 0.15) is 79.3 Å². The Morgan fingerprint density at radius 1 is 1.21 bits per heavy atom. The van der Waals surface area contributed by atoms with Gasteiger partial charge in [-0.25, -0.2) is 9.97 Å². The van der Waals surface area contributed by atoms with Gasteiger partial charge in [-0.1, -0.05) is 24.9 Å². The maximum atomic E-state index is 14.1. The monoisotopic (exact) mass is 619 g/mol. The van der Waals surface area contributed by atoms with Gasteiger partial charge in [0.05, 0.1) is 41.2 Å². The molecule has 1 saturated carbocycles. The number of hydrogen-bond donors (Lipinski definition) is 2. The second-order valence-electron chi connectivity index (χ2n) is 11.5. The Morgan fingerprint density at radius 3 is 2.58 bits per heavy atom. The van der Waals surface area contributed by atoms with Crippen molar-refractivity contribution in [2.24, 2.45) is 10.7 Å². The molecule has 9 nitrogen and oxygen atoms in total. The number of halogens is 4. The van der Waals surface area contributed by atoms with Crippen molar-refractivity contribution in [2.45, 2.75) is 70.3 Å². The number of likely N-dealkylation sites (N-methyl/N-ethyl adjacent to an activating group) is 1. The number of amides is 1. The third-order valence-corrected chi connectivity index (χ3v) is 8.63. The average Bonchev–Trinajstić information content (AvgIpc) is 3.16. The third kappa shape index (κ3) is 6.31. The lowest BCUT2D eigenvalue weighted by Gasteiger charge is -2.34. The minimum absolute atomic E-state index is 0.0186. The molecule has 2 aliphatic heterocycles. The number of ether oxygens (including phenoxy) is 1. The summed E-state index contributed by atoms with van der Waals surface area (Å²) in [6.45, 7) is 3.55. The average molecular weight is 620 g/mol. The van der Waals surface area contributed by atoms with Crippen LogP contribution in [0.4, 0.5) is 24.7 Å². The summed E-state index contributed by atoms with van der Waals surface area (Å²) in [5.74, 6) is 1.30. The zero-order valence-electron chi connectivity index (χ0n) is 24.6. The van der Waals surface area contributed by atoms with Crippen LogP contribution in [0.5, 0.6) is 0 Å². The quantitative estimate of drug-likeness (QED) is 0.338. The second kappa shape index (κ2) is 12.3. The molecule has 0 spiro atoms. The summed E-state index contributed by atoms with van der Waals surface area (Å²) < 4.78 is 48.3. The molecule has 1 aromatic carbocycles. The number of nitrogens with zero attached hydrogens (tertiary/aromatic N) is 5. The summed E-state index contributed by atoms with van der Waals surface area (Å²) in [7, 11) is 3.31. The van der Waals surface area contributed by atoms with Crippen LogP contribution in [-0.4, -0.2) is 60.2 Å². The first-order valence-corrected chi connectivity index (χ1v) is 14.9. The summed E-state index contributed by atoms with van der Waals surface area (Å²) in [4.78, 5) is 31.0. The van der Waals surface area contributed by atoms with Crippen LogP contribution in [0.25, 0.3) is 0 Å². The zero-order chi connectivity index (χ0) is 31.1. The molecule has 1 aromatic heterocycles. The van der Waals surface area contributed by atoms with E-state index in [1.165, 1.54) is 11.0 Å². The van der Waals surface area contributed by atoms with Crippen molar-refractivity contribution in [1.82, 2.24) is 14.9 Å². The highest BCUT2D eigenvalue weighted by molar-refractivity contribution is 6.31. The number of rotatable bonds is 6. The first-order valence-electron chi connectivity index (χ1n) is 14.5. The highest BCUT2D eigenvalue weighted by Gasteiger charge is 2.40. The summed E-state index contributed by atoms with van der Waals surface area (Å²) in [6.07, 6.45) is -1.23. The van der Waals surface area contributed by atoms with Gasteiger partial charge >= 0.3 is 6.18 Å². The van der Waals surface area contributed by atoms with Gasteiger partial charge in [-0.3, -0.25) is 9.79 Å². The van der Waals surface area contributed by atoms with Crippen LogP contribution in [0.15, 0.2) is 28.4 Å². The highest BCUT2D eigenvalue weighted by Crippen LogP contribution is 2.45. The van der Waals surface area contributed by atoms with E-state index >= 15 is 0 Å². The van der Waals surface area contributed by atoms with Crippen LogP contribution in [0.3, 0.4) is 0 Å². The topological polar surface area (TPSA) is 123 Å². The van der Waals surface area contributed by atoms with E-state index in [9.17, 15) is 18.0 Å². The number of carbonyl (C=O) groups excluding carboxylic acids is 1. The first kappa shape index (κ1) is 31.1. The van der Waals surface area contributed by atoms with Crippen LogP contribution < -0.4 is 16.4 Å². The van der Waals surface area contributed by atoms with E-state index in [-0.39, 0.29) is 41.8 Å². The number of benzene rings is 1. The van der Waals surface area contributed by atoms with Crippen molar-refractivity contribution in [2.75, 3.05) is 44.4 Å². The molecule has 232 valence electrons. The fourth-order valence-electron chi connectivity index (χ4n) is 5.86. The SMILES string of the molecule is CC/C(C1=NCCCN(c2nc(C3CCC3)nc3c2COC(c2cc(N)cc(Cl)c2C(F)(F)F)C3)C1)=C(/N)C(=O)N(C)C. The molecule has 2 aromatic rings. The Labute approximate surface area is 254 Å². The molecule has 1 unspecified atom stereocenters. The third-order valence-electron chi connectivity index (χ3n) is 8.33. The molecule has 43 heavy (non-hydrogen) atoms. The van der Waals surface area contributed by atoms with Gasteiger partial charge < -0.3 is 26.0 Å². The summed E-state index contributed by atoms with van der Waals surface area (Å²) in [5.41, 5.74) is 14.3. The van der Waals surface area contributed by atoms with Crippen molar-refractivity contribution in [3.63, 3.8) is 0 Å². The molecule has 3 aliphatic rings. The van der Waals surface area contributed by atoms with Gasteiger partial charge in [0.2, 0.25) is 0 Å². The summed E-state index contributed by atoms with van der Waals surface area (Å²) >= 11 is 6.05. The molecule has 1 fully saturated rings. The number of aliphatic imine (C=N–C) groups is 1. The fraction of sp³-hybridized carbons (Fsp3) is 0.533. The van der Waals surface area contributed by atoms with Crippen LogP contribution in [0.2, 0.25) is 5.02 Å². The van der Waals surface area contributed by atoms with Crippen LogP contribution in [-0.2, 0) is 28.7 Å². The molecular formula is C30H37ClF3N7O2. The Bertz CT molecular complexity index is 1470. The van der Waals surface area contributed by atoms with E-state index in [1.807, 2.05) is 6.92 Å². The van der Waals surface area contributed by atoms with Crippen molar-refractivity contribution in [3.8, 4) is 0 Å². The lowest BCUT2D eigenvalue weighted by atomic mass is 9.84. The number of anilines is 2. The van der Waals surface area contributed by atoms with Gasteiger partial charge in [-0.2, -0.15) is 13.2 Å². The van der Waals surface area contributed by atoms with E-state index in [1.54, 1.807) is 14.1 Å². The maximum absolute atomic E-state index is 14.1. The molecule has 1 amide bonds. The van der Waals surface area contributed by atoms with Gasteiger partial charge in [0.15, 0.2) is 0 Å². The van der Waals surface area contributed by atoms with Gasteiger partial charge in [0.25, 0.3) is 5.91 Å². The molecule has 1 atom stereocenters. The standard InChI is InChI=1S/C30H37ClF3N7O2/c1-4-18(26(36)29(42)40(2)3)23-14-41(10-6-9-37-23)28-20-15-43-24(13-22(20)38-27(39-28)16-7-5-8-16)19-11-17(35)12-21(31)25(19)30(32,33)34/h11-12,16,24H,4-10,13-15,35-36H2,1-3H3/b26-18-. The second-order valence-corrected chi connectivity index (χ2v) is 11.9. The highest BCUT2D eigenvalue weighted by atomic mass is 35.5. The van der Waals surface area contributed by atoms with Crippen molar-refractivity contribution in [3.05, 3.63) is 56.6 Å². The van der Waals surface area contributed by atoms with Gasteiger partial charge in [-0.05, 0) is 43.4 Å². The minimum Gasteiger partial charge on any atom is -0.399 e. The number of hydrogen-bond acceptors (Lipinski definition) is 8. The predicted octanol–water partition coefficient (Wildman–Crippen LogP) is 5.17. The lowest BCUT2D eigenvalue weighted by molar-refractivity contribution is -0.139. The van der Waals surface area contributed by atoms with Gasteiger partial charge in [0.1, 0.15) is 17.3 Å². The smallest absolute Gasteiger partial charge is 0.399 e. The van der Waals surface area contributed by atoms with Crippen molar-refractivity contribution >= 4 is 34.7 Å². The molecule has 5 rings (SSSR count). The molecule has 1 aliphatic carbocycles. The number of nitrogen functional groups attached to an aromatic ring is 1. The predicted molar refractivity (Wildman–Crippen MR) is 160 cm³/mol. The zero-order valence-corrected chi connectivity index (χ0v) is 25.4. The normalized spacial score (nSPS) is 20.0. The fourth-order valence-corrected chi connectivity index (χ4v) is 6.20. The van der Waals surface area contributed by atoms with E-state index < -0.39 is 22.9 Å². The van der Waals surface area contributed by atoms with Crippen LogP contribution in [0, 0.1) is 0 Å². The maximum Gasteiger partial charge on any atom is 0.418 e. The largest absolute Gasteiger partial charge is 0.418 e. The van der Waals surface area contributed by atoms with E-state index in [2.05, 4.69) is 4.90 Å². The summed E-state index contributed by atoms with van der Waals surface area (Å²) in [6, 6.07) is 2.39. The molecule has 0 saturated heterocycles. The Hall–Kier alpha value is -3.38. The molecule has 4 N–H and O–H groups in total. The first-order chi connectivity index (χ1) is 20.4. The van der Waals surface area contributed by atoms with E-state index in [0.29, 0.717) is 49.0 Å². The number of alkyl halides is 3.